The third-order valence-corrected chi connectivity index (χ3v) is 7.81. The van der Waals surface area contributed by atoms with Gasteiger partial charge in [0.05, 0.1) is 23.7 Å². The molecule has 3 aromatic heterocycles. The Labute approximate surface area is 264 Å². The highest BCUT2D eigenvalue weighted by Gasteiger charge is 2.36. The van der Waals surface area contributed by atoms with Crippen LogP contribution in [0.1, 0.15) is 66.7 Å². The molecule has 0 aliphatic carbocycles. The summed E-state index contributed by atoms with van der Waals surface area (Å²) in [5, 5.41) is 17.2. The van der Waals surface area contributed by atoms with Crippen LogP contribution in [-0.2, 0) is 22.2 Å². The zero-order valence-electron chi connectivity index (χ0n) is 26.7. The first kappa shape index (κ1) is 34.4. The molecule has 0 spiro atoms. The van der Waals surface area contributed by atoms with Crippen LogP contribution in [0.2, 0.25) is 0 Å². The third kappa shape index (κ3) is 7.82. The fourth-order valence-corrected chi connectivity index (χ4v) is 5.64. The van der Waals surface area contributed by atoms with E-state index in [4.69, 9.17) is 0 Å². The highest BCUT2D eigenvalue weighted by atomic mass is 19.4. The molecule has 2 N–H and O–H groups in total. The minimum absolute atomic E-state index is 0.00425. The zero-order chi connectivity index (χ0) is 33.9. The lowest BCUT2D eigenvalue weighted by atomic mass is 9.95. The van der Waals surface area contributed by atoms with Crippen LogP contribution < -0.4 is 10.9 Å². The van der Waals surface area contributed by atoms with E-state index in [-0.39, 0.29) is 36.6 Å². The number of amides is 1. The smallest absolute Gasteiger partial charge is 0.416 e. The van der Waals surface area contributed by atoms with Crippen molar-refractivity contribution in [1.82, 2.24) is 29.4 Å². The number of hydrogen-bond donors (Lipinski definition) is 2. The number of imidazole rings is 1. The van der Waals surface area contributed by atoms with Crippen molar-refractivity contribution in [2.45, 2.75) is 65.2 Å². The summed E-state index contributed by atoms with van der Waals surface area (Å²) in [6.45, 7) is 7.83. The Kier molecular flexibility index (Phi) is 10.3. The van der Waals surface area contributed by atoms with Gasteiger partial charge in [0, 0.05) is 36.8 Å². The molecule has 1 amide bonds. The molecule has 4 rings (SSSR count). The SMILES string of the molecule is Cc1cccc(C)c1-c1cc([C@@H](CC(=O)O)NC(=O)[C@H](CC(C)C)n2cc(CCN(C)C)c(C(F)(F)F)cc2=O)nn2ccnc12. The van der Waals surface area contributed by atoms with Crippen molar-refractivity contribution in [3.05, 3.63) is 87.2 Å². The van der Waals surface area contributed by atoms with Crippen LogP contribution >= 0.6 is 0 Å². The van der Waals surface area contributed by atoms with E-state index >= 15 is 0 Å². The molecule has 13 heteroatoms. The van der Waals surface area contributed by atoms with Gasteiger partial charge < -0.3 is 19.9 Å². The summed E-state index contributed by atoms with van der Waals surface area (Å²) in [6.07, 6.45) is -0.877. The lowest BCUT2D eigenvalue weighted by molar-refractivity contribution is -0.139. The van der Waals surface area contributed by atoms with Crippen LogP contribution in [0, 0.1) is 19.8 Å². The second-order valence-electron chi connectivity index (χ2n) is 12.3. The Balaban J connectivity index is 1.81. The average Bonchev–Trinajstić information content (AvgIpc) is 3.43. The van der Waals surface area contributed by atoms with Crippen LogP contribution in [0.3, 0.4) is 0 Å². The number of hydrogen-bond acceptors (Lipinski definition) is 6. The number of alkyl halides is 3. The molecule has 0 saturated carbocycles. The second kappa shape index (κ2) is 13.9. The molecule has 4 aromatic rings. The lowest BCUT2D eigenvalue weighted by Gasteiger charge is -2.26. The van der Waals surface area contributed by atoms with Gasteiger partial charge in [0.25, 0.3) is 5.56 Å². The van der Waals surface area contributed by atoms with Gasteiger partial charge in [0.2, 0.25) is 5.91 Å². The van der Waals surface area contributed by atoms with Crippen molar-refractivity contribution in [3.8, 4) is 11.1 Å². The van der Waals surface area contributed by atoms with Crippen molar-refractivity contribution >= 4 is 17.5 Å². The molecule has 246 valence electrons. The van der Waals surface area contributed by atoms with Gasteiger partial charge in [-0.05, 0) is 75.0 Å². The van der Waals surface area contributed by atoms with Crippen LogP contribution in [0.15, 0.2) is 53.7 Å². The number of halogens is 3. The Morgan fingerprint density at radius 2 is 1.78 bits per heavy atom. The number of fused-ring (bicyclic) bond motifs is 1. The quantitative estimate of drug-likeness (QED) is 0.218. The average molecular weight is 641 g/mol. The molecule has 0 aliphatic heterocycles. The summed E-state index contributed by atoms with van der Waals surface area (Å²) in [7, 11) is 3.45. The van der Waals surface area contributed by atoms with Gasteiger partial charge in [-0.15, -0.1) is 0 Å². The number of rotatable bonds is 12. The first-order chi connectivity index (χ1) is 21.6. The molecule has 3 heterocycles. The number of aliphatic carboxylic acids is 1. The van der Waals surface area contributed by atoms with E-state index in [0.717, 1.165) is 27.5 Å². The number of pyridine rings is 1. The Bertz CT molecular complexity index is 1770. The standard InChI is InChI=1S/C33H39F3N6O4/c1-19(2)14-27(41-18-22(10-12-40(5)6)24(16-28(41)43)33(34,35)36)32(46)38-25(17-29(44)45)26-15-23(31-37-11-13-42(31)39-26)30-20(3)8-7-9-21(30)4/h7-9,11,13,15-16,18-19,25,27H,10,12,14,17H2,1-6H3,(H,38,46)(H,44,45)/t25-,27+/m1/s1. The number of carbonyl (C=O) groups is 2. The molecule has 2 atom stereocenters. The van der Waals surface area contributed by atoms with Gasteiger partial charge in [-0.25, -0.2) is 9.50 Å². The van der Waals surface area contributed by atoms with Gasteiger partial charge in [0.15, 0.2) is 5.65 Å². The van der Waals surface area contributed by atoms with E-state index in [9.17, 15) is 32.7 Å². The minimum atomic E-state index is -4.76. The number of carboxylic acids is 1. The van der Waals surface area contributed by atoms with Crippen LogP contribution in [-0.4, -0.2) is 61.7 Å². The molecular formula is C33H39F3N6O4. The molecule has 0 aliphatic rings. The summed E-state index contributed by atoms with van der Waals surface area (Å²) in [4.78, 5) is 45.4. The molecule has 0 bridgehead atoms. The summed E-state index contributed by atoms with van der Waals surface area (Å²) in [5.41, 5.74) is 2.16. The molecule has 46 heavy (non-hydrogen) atoms. The zero-order valence-corrected chi connectivity index (χ0v) is 26.7. The second-order valence-corrected chi connectivity index (χ2v) is 12.3. The predicted molar refractivity (Wildman–Crippen MR) is 167 cm³/mol. The van der Waals surface area contributed by atoms with E-state index in [1.54, 1.807) is 37.5 Å². The number of carboxylic acid groups (broad SMARTS) is 1. The number of benzene rings is 1. The first-order valence-electron chi connectivity index (χ1n) is 15.0. The maximum absolute atomic E-state index is 14.0. The molecular weight excluding hydrogens is 601 g/mol. The van der Waals surface area contributed by atoms with Crippen LogP contribution in [0.4, 0.5) is 13.2 Å². The Morgan fingerprint density at radius 3 is 2.37 bits per heavy atom. The predicted octanol–water partition coefficient (Wildman–Crippen LogP) is 5.22. The van der Waals surface area contributed by atoms with Crippen molar-refractivity contribution in [1.29, 1.82) is 0 Å². The van der Waals surface area contributed by atoms with Crippen molar-refractivity contribution in [2.75, 3.05) is 20.6 Å². The van der Waals surface area contributed by atoms with E-state index in [2.05, 4.69) is 15.4 Å². The number of nitrogens with zero attached hydrogens (tertiary/aromatic N) is 5. The van der Waals surface area contributed by atoms with Gasteiger partial charge in [0.1, 0.15) is 6.04 Å². The van der Waals surface area contributed by atoms with Gasteiger partial charge in [-0.3, -0.25) is 14.4 Å². The fraction of sp³-hybridized carbons (Fsp3) is 0.424. The van der Waals surface area contributed by atoms with Gasteiger partial charge in [-0.1, -0.05) is 32.0 Å². The van der Waals surface area contributed by atoms with E-state index in [0.29, 0.717) is 17.3 Å². The first-order valence-corrected chi connectivity index (χ1v) is 15.0. The lowest BCUT2D eigenvalue weighted by Crippen LogP contribution is -2.41. The number of carbonyl (C=O) groups excluding carboxylic acids is 1. The van der Waals surface area contributed by atoms with Crippen LogP contribution in [0.25, 0.3) is 16.8 Å². The molecule has 0 radical (unpaired) electrons. The summed E-state index contributed by atoms with van der Waals surface area (Å²) in [6, 6.07) is 5.72. The van der Waals surface area contributed by atoms with Crippen molar-refractivity contribution < 1.29 is 27.9 Å². The topological polar surface area (TPSA) is 122 Å². The van der Waals surface area contributed by atoms with E-state index < -0.39 is 47.7 Å². The monoisotopic (exact) mass is 640 g/mol. The van der Waals surface area contributed by atoms with E-state index in [1.165, 1.54) is 4.52 Å². The maximum Gasteiger partial charge on any atom is 0.416 e. The van der Waals surface area contributed by atoms with E-state index in [1.807, 2.05) is 45.9 Å². The highest BCUT2D eigenvalue weighted by Crippen LogP contribution is 2.34. The van der Waals surface area contributed by atoms with Gasteiger partial charge >= 0.3 is 12.1 Å². The minimum Gasteiger partial charge on any atom is -0.481 e. The van der Waals surface area contributed by atoms with Crippen LogP contribution in [0.5, 0.6) is 0 Å². The Morgan fingerprint density at radius 1 is 1.11 bits per heavy atom. The molecule has 1 aromatic carbocycles. The summed E-state index contributed by atoms with van der Waals surface area (Å²) < 4.78 is 44.3. The molecule has 10 nitrogen and oxygen atoms in total. The number of likely N-dealkylation sites (N-methyl/N-ethyl adjacent to an activating group) is 1. The number of nitrogens with one attached hydrogen (secondary N) is 1. The molecule has 0 unspecified atom stereocenters. The number of aromatic nitrogens is 4. The third-order valence-electron chi connectivity index (χ3n) is 7.81. The number of aryl methyl sites for hydroxylation is 2. The largest absolute Gasteiger partial charge is 0.481 e. The maximum atomic E-state index is 14.0. The normalized spacial score (nSPS) is 13.4. The molecule has 0 fully saturated rings. The summed E-state index contributed by atoms with van der Waals surface area (Å²) >= 11 is 0. The molecule has 0 saturated heterocycles. The highest BCUT2D eigenvalue weighted by molar-refractivity contribution is 5.83. The fourth-order valence-electron chi connectivity index (χ4n) is 5.64. The van der Waals surface area contributed by atoms with Crippen molar-refractivity contribution in [2.24, 2.45) is 5.92 Å². The van der Waals surface area contributed by atoms with Gasteiger partial charge in [-0.2, -0.15) is 18.3 Å². The summed E-state index contributed by atoms with van der Waals surface area (Å²) in [5.74, 6) is -2.05. The Hall–Kier alpha value is -4.52. The van der Waals surface area contributed by atoms with Crippen molar-refractivity contribution in [3.63, 3.8) is 0 Å².